The number of aryl methyl sites for hydroxylation is 1. The molecule has 0 unspecified atom stereocenters. The second-order valence-electron chi connectivity index (χ2n) is 9.53. The Labute approximate surface area is 208 Å². The normalized spacial score (nSPS) is 14.9. The monoisotopic (exact) mass is 472 g/mol. The Balaban J connectivity index is 1.49. The second kappa shape index (κ2) is 11.9. The lowest BCUT2D eigenvalue weighted by Crippen LogP contribution is -2.50. The highest BCUT2D eigenvalue weighted by molar-refractivity contribution is 5.89. The zero-order chi connectivity index (χ0) is 24.6. The van der Waals surface area contributed by atoms with Crippen LogP contribution in [0.1, 0.15) is 56.6 Å². The van der Waals surface area contributed by atoms with Crippen molar-refractivity contribution in [2.45, 2.75) is 70.5 Å². The van der Waals surface area contributed by atoms with Gasteiger partial charge < -0.3 is 15.0 Å². The van der Waals surface area contributed by atoms with Crippen LogP contribution in [0, 0.1) is 0 Å². The first-order valence-corrected chi connectivity index (χ1v) is 12.7. The molecule has 1 aliphatic carbocycles. The van der Waals surface area contributed by atoms with Gasteiger partial charge in [0.15, 0.2) is 0 Å². The lowest BCUT2D eigenvalue weighted by atomic mass is 9.95. The van der Waals surface area contributed by atoms with Gasteiger partial charge in [0.1, 0.15) is 11.8 Å². The lowest BCUT2D eigenvalue weighted by molar-refractivity contribution is -0.141. The van der Waals surface area contributed by atoms with Gasteiger partial charge in [-0.3, -0.25) is 9.59 Å². The van der Waals surface area contributed by atoms with Crippen LogP contribution in [0.2, 0.25) is 0 Å². The average Bonchev–Trinajstić information content (AvgIpc) is 2.90. The SMILES string of the molecule is COc1ccc(CN(C(=O)CCc2cccc3ccccc23)[C@@H](C)C(=O)NC2CCCCC2)cc1. The zero-order valence-corrected chi connectivity index (χ0v) is 20.8. The third-order valence-electron chi connectivity index (χ3n) is 7.12. The summed E-state index contributed by atoms with van der Waals surface area (Å²) < 4.78 is 5.27. The van der Waals surface area contributed by atoms with Crippen molar-refractivity contribution in [3.8, 4) is 5.75 Å². The van der Waals surface area contributed by atoms with E-state index in [4.69, 9.17) is 4.74 Å². The van der Waals surface area contributed by atoms with E-state index in [0.29, 0.717) is 19.4 Å². The van der Waals surface area contributed by atoms with Crippen LogP contribution < -0.4 is 10.1 Å². The predicted octanol–water partition coefficient (Wildman–Crippen LogP) is 5.65. The van der Waals surface area contributed by atoms with Gasteiger partial charge in [0.05, 0.1) is 7.11 Å². The van der Waals surface area contributed by atoms with Crippen LogP contribution >= 0.6 is 0 Å². The fourth-order valence-corrected chi connectivity index (χ4v) is 4.97. The molecule has 0 bridgehead atoms. The fraction of sp³-hybridized carbons (Fsp3) is 0.400. The van der Waals surface area contributed by atoms with Crippen molar-refractivity contribution in [2.24, 2.45) is 0 Å². The molecule has 3 aromatic carbocycles. The first kappa shape index (κ1) is 24.8. The van der Waals surface area contributed by atoms with Crippen LogP contribution in [-0.2, 0) is 22.6 Å². The van der Waals surface area contributed by atoms with Gasteiger partial charge in [-0.05, 0) is 60.2 Å². The number of carbonyl (C=O) groups excluding carboxylic acids is 2. The molecule has 5 heteroatoms. The van der Waals surface area contributed by atoms with E-state index < -0.39 is 6.04 Å². The predicted molar refractivity (Wildman–Crippen MR) is 140 cm³/mol. The molecule has 184 valence electrons. The van der Waals surface area contributed by atoms with Crippen LogP contribution in [0.5, 0.6) is 5.75 Å². The molecule has 5 nitrogen and oxygen atoms in total. The number of fused-ring (bicyclic) bond motifs is 1. The summed E-state index contributed by atoms with van der Waals surface area (Å²) in [7, 11) is 1.63. The van der Waals surface area contributed by atoms with Crippen LogP contribution in [-0.4, -0.2) is 35.9 Å². The summed E-state index contributed by atoms with van der Waals surface area (Å²) in [6.07, 6.45) is 6.56. The molecule has 1 fully saturated rings. The summed E-state index contributed by atoms with van der Waals surface area (Å²) in [6, 6.07) is 21.8. The van der Waals surface area contributed by atoms with Crippen LogP contribution in [0.4, 0.5) is 0 Å². The molecule has 0 radical (unpaired) electrons. The summed E-state index contributed by atoms with van der Waals surface area (Å²) in [6.45, 7) is 2.23. The van der Waals surface area contributed by atoms with Crippen molar-refractivity contribution < 1.29 is 14.3 Å². The highest BCUT2D eigenvalue weighted by Crippen LogP contribution is 2.22. The third kappa shape index (κ3) is 6.41. The van der Waals surface area contributed by atoms with E-state index in [1.165, 1.54) is 17.2 Å². The zero-order valence-electron chi connectivity index (χ0n) is 20.8. The average molecular weight is 473 g/mol. The molecule has 2 amide bonds. The Morgan fingerprint density at radius 3 is 2.43 bits per heavy atom. The molecule has 1 saturated carbocycles. The molecule has 0 saturated heterocycles. The van der Waals surface area contributed by atoms with Gasteiger partial charge in [-0.15, -0.1) is 0 Å². The molecule has 1 atom stereocenters. The topological polar surface area (TPSA) is 58.6 Å². The molecule has 1 N–H and O–H groups in total. The molecule has 0 aromatic heterocycles. The molecular formula is C30H36N2O3. The quantitative estimate of drug-likeness (QED) is 0.438. The van der Waals surface area contributed by atoms with E-state index in [9.17, 15) is 9.59 Å². The minimum atomic E-state index is -0.543. The number of amides is 2. The van der Waals surface area contributed by atoms with Crippen LogP contribution in [0.3, 0.4) is 0 Å². The molecule has 35 heavy (non-hydrogen) atoms. The van der Waals surface area contributed by atoms with Crippen molar-refractivity contribution in [3.05, 3.63) is 77.9 Å². The number of nitrogens with one attached hydrogen (secondary N) is 1. The van der Waals surface area contributed by atoms with Gasteiger partial charge in [-0.1, -0.05) is 73.9 Å². The maximum absolute atomic E-state index is 13.5. The van der Waals surface area contributed by atoms with E-state index in [0.717, 1.165) is 42.6 Å². The largest absolute Gasteiger partial charge is 0.497 e. The number of hydrogen-bond acceptors (Lipinski definition) is 3. The summed E-state index contributed by atoms with van der Waals surface area (Å²) in [5, 5.41) is 5.55. The Bertz CT molecular complexity index is 1130. The maximum Gasteiger partial charge on any atom is 0.242 e. The van der Waals surface area contributed by atoms with Gasteiger partial charge in [0.25, 0.3) is 0 Å². The third-order valence-corrected chi connectivity index (χ3v) is 7.12. The summed E-state index contributed by atoms with van der Waals surface area (Å²) in [5.41, 5.74) is 2.13. The van der Waals surface area contributed by atoms with Gasteiger partial charge in [0, 0.05) is 19.0 Å². The van der Waals surface area contributed by atoms with Crippen LogP contribution in [0.15, 0.2) is 66.7 Å². The first-order chi connectivity index (χ1) is 17.0. The standard InChI is InChI=1S/C30H36N2O3/c1-22(30(34)31-26-12-4-3-5-13-26)32(21-23-15-18-27(35-2)19-16-23)29(33)20-17-25-11-8-10-24-9-6-7-14-28(24)25/h6-11,14-16,18-19,22,26H,3-5,12-13,17,20-21H2,1-2H3,(H,31,34)/t22-/m0/s1. The Morgan fingerprint density at radius 2 is 1.69 bits per heavy atom. The molecule has 4 rings (SSSR count). The number of hydrogen-bond donors (Lipinski definition) is 1. The summed E-state index contributed by atoms with van der Waals surface area (Å²) in [5.74, 6) is 0.689. The number of benzene rings is 3. The van der Waals surface area contributed by atoms with Crippen molar-refractivity contribution in [1.82, 2.24) is 10.2 Å². The summed E-state index contributed by atoms with van der Waals surface area (Å²) >= 11 is 0. The van der Waals surface area contributed by atoms with Crippen molar-refractivity contribution in [1.29, 1.82) is 0 Å². The number of carbonyl (C=O) groups is 2. The molecule has 3 aromatic rings. The van der Waals surface area contributed by atoms with Crippen molar-refractivity contribution in [2.75, 3.05) is 7.11 Å². The van der Waals surface area contributed by atoms with Crippen LogP contribution in [0.25, 0.3) is 10.8 Å². The fourth-order valence-electron chi connectivity index (χ4n) is 4.97. The molecule has 0 heterocycles. The van der Waals surface area contributed by atoms with Crippen molar-refractivity contribution in [3.63, 3.8) is 0 Å². The Kier molecular flexibility index (Phi) is 8.40. The summed E-state index contributed by atoms with van der Waals surface area (Å²) in [4.78, 5) is 28.4. The van der Waals surface area contributed by atoms with E-state index in [1.807, 2.05) is 49.4 Å². The number of rotatable bonds is 9. The minimum Gasteiger partial charge on any atom is -0.497 e. The van der Waals surface area contributed by atoms with Gasteiger partial charge >= 0.3 is 0 Å². The number of methoxy groups -OCH3 is 1. The second-order valence-corrected chi connectivity index (χ2v) is 9.53. The van der Waals surface area contributed by atoms with Gasteiger partial charge in [-0.2, -0.15) is 0 Å². The first-order valence-electron chi connectivity index (χ1n) is 12.7. The van der Waals surface area contributed by atoms with Gasteiger partial charge in [0.2, 0.25) is 11.8 Å². The van der Waals surface area contributed by atoms with E-state index in [2.05, 4.69) is 29.6 Å². The highest BCUT2D eigenvalue weighted by Gasteiger charge is 2.28. The minimum absolute atomic E-state index is 0.0138. The molecule has 0 spiro atoms. The molecule has 0 aliphatic heterocycles. The molecule has 1 aliphatic rings. The molecular weight excluding hydrogens is 436 g/mol. The number of ether oxygens (including phenoxy) is 1. The lowest BCUT2D eigenvalue weighted by Gasteiger charge is -2.31. The van der Waals surface area contributed by atoms with E-state index >= 15 is 0 Å². The Hall–Kier alpha value is -3.34. The smallest absolute Gasteiger partial charge is 0.242 e. The van der Waals surface area contributed by atoms with Gasteiger partial charge in [-0.25, -0.2) is 0 Å². The number of nitrogens with zero attached hydrogens (tertiary/aromatic N) is 1. The highest BCUT2D eigenvalue weighted by atomic mass is 16.5. The van der Waals surface area contributed by atoms with E-state index in [-0.39, 0.29) is 17.9 Å². The van der Waals surface area contributed by atoms with Crippen molar-refractivity contribution >= 4 is 22.6 Å². The Morgan fingerprint density at radius 1 is 0.971 bits per heavy atom. The van der Waals surface area contributed by atoms with E-state index in [1.54, 1.807) is 12.0 Å². The maximum atomic E-state index is 13.5.